The minimum absolute atomic E-state index is 0.589. The summed E-state index contributed by atoms with van der Waals surface area (Å²) in [5, 5.41) is 13.0. The third-order valence-corrected chi connectivity index (χ3v) is 2.84. The molecule has 0 spiro atoms. The monoisotopic (exact) mass is 248 g/mol. The Balaban J connectivity index is 2.13. The number of aromatic nitrogens is 1. The van der Waals surface area contributed by atoms with E-state index in [1.165, 1.54) is 0 Å². The molecule has 1 aromatic rings. The van der Waals surface area contributed by atoms with Crippen molar-refractivity contribution in [1.29, 1.82) is 0 Å². The topological polar surface area (TPSA) is 37.2 Å². The van der Waals surface area contributed by atoms with Gasteiger partial charge in [0.15, 0.2) is 0 Å². The largest absolute Gasteiger partial charge is 0.374 e. The fraction of sp³-hybridized carbons (Fsp3) is 0.467. The number of nitrogens with one attached hydrogen (secondary N) is 1. The van der Waals surface area contributed by atoms with Crippen molar-refractivity contribution < 1.29 is 5.11 Å². The van der Waals surface area contributed by atoms with Gasteiger partial charge in [-0.3, -0.25) is 5.32 Å². The van der Waals surface area contributed by atoms with Crippen LogP contribution in [0.5, 0.6) is 0 Å². The van der Waals surface area contributed by atoms with Crippen molar-refractivity contribution in [3.05, 3.63) is 48.8 Å². The van der Waals surface area contributed by atoms with Crippen LogP contribution in [0, 0.1) is 0 Å². The molecule has 1 atom stereocenters. The normalized spacial score (nSPS) is 13.6. The molecule has 0 saturated carbocycles. The van der Waals surface area contributed by atoms with Crippen LogP contribution in [-0.4, -0.2) is 22.4 Å². The Kier molecular flexibility index (Phi) is 7.14. The first-order chi connectivity index (χ1) is 8.77. The molecule has 1 unspecified atom stereocenters. The van der Waals surface area contributed by atoms with E-state index in [2.05, 4.69) is 28.9 Å². The summed E-state index contributed by atoms with van der Waals surface area (Å²) >= 11 is 0. The Hall–Kier alpha value is -1.32. The number of aliphatic hydroxyl groups excluding tert-OH is 1. The van der Waals surface area contributed by atoms with Gasteiger partial charge in [0.05, 0.1) is 0 Å². The average Bonchev–Trinajstić information content (AvgIpc) is 2.88. The lowest BCUT2D eigenvalue weighted by molar-refractivity contribution is 0.175. The number of unbranched alkanes of at least 4 members (excludes halogenated alkanes) is 1. The Morgan fingerprint density at radius 3 is 2.72 bits per heavy atom. The van der Waals surface area contributed by atoms with Gasteiger partial charge < -0.3 is 9.67 Å². The molecule has 1 aromatic heterocycles. The number of hydrogen-bond acceptors (Lipinski definition) is 2. The van der Waals surface area contributed by atoms with Crippen LogP contribution in [0.1, 0.15) is 26.2 Å². The summed E-state index contributed by atoms with van der Waals surface area (Å²) in [6, 6.07) is 4.07. The Labute approximate surface area is 110 Å². The van der Waals surface area contributed by atoms with Gasteiger partial charge in [-0.1, -0.05) is 25.7 Å². The van der Waals surface area contributed by atoms with Gasteiger partial charge in [0.2, 0.25) is 0 Å². The molecule has 0 amide bonds. The van der Waals surface area contributed by atoms with E-state index < -0.39 is 6.23 Å². The van der Waals surface area contributed by atoms with Crippen molar-refractivity contribution in [2.45, 2.75) is 39.0 Å². The maximum atomic E-state index is 9.87. The molecule has 0 radical (unpaired) electrons. The van der Waals surface area contributed by atoms with E-state index in [1.807, 2.05) is 25.1 Å². The fourth-order valence-electron chi connectivity index (χ4n) is 1.84. The molecule has 18 heavy (non-hydrogen) atoms. The predicted octanol–water partition coefficient (Wildman–Crippen LogP) is 2.70. The van der Waals surface area contributed by atoms with E-state index in [0.717, 1.165) is 37.9 Å². The first-order valence-corrected chi connectivity index (χ1v) is 6.62. The molecule has 3 heteroatoms. The third kappa shape index (κ3) is 5.34. The Morgan fingerprint density at radius 2 is 2.11 bits per heavy atom. The molecule has 3 nitrogen and oxygen atoms in total. The number of aryl methyl sites for hydroxylation is 1. The summed E-state index contributed by atoms with van der Waals surface area (Å²) < 4.78 is 2.17. The minimum atomic E-state index is -0.589. The highest BCUT2D eigenvalue weighted by molar-refractivity contribution is 5.19. The number of rotatable bonds is 9. The molecule has 1 heterocycles. The van der Waals surface area contributed by atoms with Gasteiger partial charge in [0.25, 0.3) is 0 Å². The van der Waals surface area contributed by atoms with Gasteiger partial charge in [0, 0.05) is 18.9 Å². The molecule has 2 N–H and O–H groups in total. The van der Waals surface area contributed by atoms with Crippen molar-refractivity contribution in [2.75, 3.05) is 6.54 Å². The maximum Gasteiger partial charge on any atom is 0.130 e. The summed E-state index contributed by atoms with van der Waals surface area (Å²) in [6.45, 7) is 7.60. The number of aliphatic hydroxyl groups is 1. The number of hydrogen-bond donors (Lipinski definition) is 2. The smallest absolute Gasteiger partial charge is 0.130 e. The highest BCUT2D eigenvalue weighted by Crippen LogP contribution is 2.03. The van der Waals surface area contributed by atoms with Gasteiger partial charge >= 0.3 is 0 Å². The van der Waals surface area contributed by atoms with Crippen molar-refractivity contribution in [3.8, 4) is 0 Å². The van der Waals surface area contributed by atoms with E-state index in [0.29, 0.717) is 0 Å². The lowest BCUT2D eigenvalue weighted by Crippen LogP contribution is -2.31. The summed E-state index contributed by atoms with van der Waals surface area (Å²) in [4.78, 5) is 0. The molecule has 0 aliphatic rings. The second-order valence-corrected chi connectivity index (χ2v) is 4.30. The van der Waals surface area contributed by atoms with Crippen LogP contribution >= 0.6 is 0 Å². The maximum absolute atomic E-state index is 9.87. The van der Waals surface area contributed by atoms with Crippen LogP contribution in [-0.2, 0) is 6.54 Å². The lowest BCUT2D eigenvalue weighted by Gasteiger charge is -2.14. The average molecular weight is 248 g/mol. The van der Waals surface area contributed by atoms with Gasteiger partial charge in [-0.2, -0.15) is 0 Å². The first kappa shape index (κ1) is 14.7. The van der Waals surface area contributed by atoms with Crippen LogP contribution < -0.4 is 5.32 Å². The Morgan fingerprint density at radius 1 is 1.39 bits per heavy atom. The highest BCUT2D eigenvalue weighted by Gasteiger charge is 2.05. The van der Waals surface area contributed by atoms with Crippen LogP contribution in [0.15, 0.2) is 48.8 Å². The number of nitrogens with zero attached hydrogens (tertiary/aromatic N) is 1. The lowest BCUT2D eigenvalue weighted by atomic mass is 10.2. The third-order valence-electron chi connectivity index (χ3n) is 2.84. The molecule has 100 valence electrons. The fourth-order valence-corrected chi connectivity index (χ4v) is 1.84. The highest BCUT2D eigenvalue weighted by atomic mass is 16.3. The molecule has 0 bridgehead atoms. The summed E-state index contributed by atoms with van der Waals surface area (Å²) in [7, 11) is 0. The van der Waals surface area contributed by atoms with Crippen LogP contribution in [0.25, 0.3) is 0 Å². The zero-order valence-electron chi connectivity index (χ0n) is 11.2. The number of allylic oxidation sites excluding steroid dienone is 1. The quantitative estimate of drug-likeness (QED) is 0.400. The predicted molar refractivity (Wildman–Crippen MR) is 76.2 cm³/mol. The zero-order valence-corrected chi connectivity index (χ0v) is 11.2. The van der Waals surface area contributed by atoms with E-state index in [-0.39, 0.29) is 0 Å². The van der Waals surface area contributed by atoms with Crippen molar-refractivity contribution in [1.82, 2.24) is 9.88 Å². The zero-order chi connectivity index (χ0) is 13.2. The van der Waals surface area contributed by atoms with E-state index >= 15 is 0 Å². The van der Waals surface area contributed by atoms with Gasteiger partial charge in [-0.25, -0.2) is 0 Å². The van der Waals surface area contributed by atoms with Gasteiger partial charge in [-0.15, -0.1) is 0 Å². The second kappa shape index (κ2) is 8.72. The minimum Gasteiger partial charge on any atom is -0.374 e. The van der Waals surface area contributed by atoms with E-state index in [4.69, 9.17) is 0 Å². The molecular weight excluding hydrogens is 224 g/mol. The molecule has 0 aliphatic carbocycles. The van der Waals surface area contributed by atoms with E-state index in [1.54, 1.807) is 6.08 Å². The van der Waals surface area contributed by atoms with Gasteiger partial charge in [0.1, 0.15) is 6.23 Å². The summed E-state index contributed by atoms with van der Waals surface area (Å²) in [5.74, 6) is 0. The van der Waals surface area contributed by atoms with Crippen LogP contribution in [0.3, 0.4) is 0 Å². The standard InChI is InChI=1S/C15H24N2O/c1-3-9-14(4-2)15(18)16-10-5-6-11-17-12-7-8-13-17/h4,7-9,12-13,15-16,18H,2-3,5-6,10-11H2,1H3/b14-9-. The second-order valence-electron chi connectivity index (χ2n) is 4.30. The summed E-state index contributed by atoms with van der Waals surface area (Å²) in [5.41, 5.74) is 0.864. The van der Waals surface area contributed by atoms with Crippen LogP contribution in [0.2, 0.25) is 0 Å². The van der Waals surface area contributed by atoms with Crippen molar-refractivity contribution in [3.63, 3.8) is 0 Å². The SMILES string of the molecule is C=C/C(=C/CC)C(O)NCCCCn1cccc1. The van der Waals surface area contributed by atoms with Crippen molar-refractivity contribution in [2.24, 2.45) is 0 Å². The molecule has 0 aliphatic heterocycles. The van der Waals surface area contributed by atoms with Gasteiger partial charge in [-0.05, 0) is 43.5 Å². The Bertz CT molecular complexity index is 355. The summed E-state index contributed by atoms with van der Waals surface area (Å²) in [6.07, 6.45) is 10.3. The van der Waals surface area contributed by atoms with Crippen molar-refractivity contribution >= 4 is 0 Å². The first-order valence-electron chi connectivity index (χ1n) is 6.62. The molecule has 0 saturated heterocycles. The molecular formula is C15H24N2O. The van der Waals surface area contributed by atoms with Crippen LogP contribution in [0.4, 0.5) is 0 Å². The molecule has 1 rings (SSSR count). The van der Waals surface area contributed by atoms with E-state index in [9.17, 15) is 5.11 Å². The molecule has 0 aromatic carbocycles. The molecule has 0 fully saturated rings.